The number of nitrogens with one attached hydrogen (secondary N) is 1. The van der Waals surface area contributed by atoms with Crippen LogP contribution in [0.25, 0.3) is 0 Å². The van der Waals surface area contributed by atoms with Gasteiger partial charge >= 0.3 is 0 Å². The van der Waals surface area contributed by atoms with Crippen molar-refractivity contribution in [1.29, 1.82) is 0 Å². The second kappa shape index (κ2) is 6.13. The summed E-state index contributed by atoms with van der Waals surface area (Å²) in [4.78, 5) is 0.185. The molecule has 96 valence electrons. The molecule has 0 aliphatic heterocycles. The molecule has 0 aromatic heterocycles. The summed E-state index contributed by atoms with van der Waals surface area (Å²) >= 11 is 0. The Labute approximate surface area is 104 Å². The van der Waals surface area contributed by atoms with Gasteiger partial charge in [0.15, 0.2) is 0 Å². The molecule has 7 heteroatoms. The molecule has 1 aromatic carbocycles. The zero-order valence-electron chi connectivity index (χ0n) is 9.55. The van der Waals surface area contributed by atoms with Crippen LogP contribution in [-0.4, -0.2) is 31.2 Å². The third-order valence-electron chi connectivity index (χ3n) is 2.09. The minimum atomic E-state index is -3.48. The van der Waals surface area contributed by atoms with Crippen molar-refractivity contribution in [2.75, 3.05) is 24.3 Å². The Bertz CT molecular complexity index is 483. The largest absolute Gasteiger partial charge is 0.399 e. The first kappa shape index (κ1) is 14.1. The maximum atomic E-state index is 11.8. The number of sulfonamides is 1. The summed E-state index contributed by atoms with van der Waals surface area (Å²) < 4.78 is 36.8. The highest BCUT2D eigenvalue weighted by Crippen LogP contribution is 2.11. The van der Waals surface area contributed by atoms with Crippen molar-refractivity contribution in [2.24, 2.45) is 0 Å². The van der Waals surface area contributed by atoms with E-state index in [9.17, 15) is 12.6 Å². The molecule has 0 aliphatic rings. The fourth-order valence-electron chi connectivity index (χ4n) is 1.21. The number of benzene rings is 1. The topological polar surface area (TPSA) is 89.3 Å². The predicted molar refractivity (Wildman–Crippen MR) is 69.6 cm³/mol. The van der Waals surface area contributed by atoms with Crippen LogP contribution in [0, 0.1) is 0 Å². The zero-order chi connectivity index (χ0) is 12.9. The molecule has 0 radical (unpaired) electrons. The monoisotopic (exact) mass is 276 g/mol. The minimum Gasteiger partial charge on any atom is -0.399 e. The molecule has 0 saturated carbocycles. The van der Waals surface area contributed by atoms with E-state index < -0.39 is 20.8 Å². The van der Waals surface area contributed by atoms with E-state index in [-0.39, 0.29) is 11.4 Å². The van der Waals surface area contributed by atoms with Gasteiger partial charge in [-0.15, -0.1) is 0 Å². The van der Waals surface area contributed by atoms with Crippen LogP contribution in [0.4, 0.5) is 5.69 Å². The SMILES string of the molecule is CS(=O)CCCNS(=O)(=O)c1ccc(N)cc1. The van der Waals surface area contributed by atoms with Crippen molar-refractivity contribution < 1.29 is 12.6 Å². The third-order valence-corrected chi connectivity index (χ3v) is 4.43. The Kier molecular flexibility index (Phi) is 5.10. The molecule has 3 N–H and O–H groups in total. The van der Waals surface area contributed by atoms with Crippen LogP contribution in [0.3, 0.4) is 0 Å². The van der Waals surface area contributed by atoms with Gasteiger partial charge in [-0.2, -0.15) is 0 Å². The smallest absolute Gasteiger partial charge is 0.240 e. The number of hydrogen-bond donors (Lipinski definition) is 2. The van der Waals surface area contributed by atoms with Crippen molar-refractivity contribution in [3.63, 3.8) is 0 Å². The fraction of sp³-hybridized carbons (Fsp3) is 0.400. The van der Waals surface area contributed by atoms with Gasteiger partial charge in [0.2, 0.25) is 10.0 Å². The number of nitrogen functional groups attached to an aromatic ring is 1. The van der Waals surface area contributed by atoms with Gasteiger partial charge in [-0.3, -0.25) is 4.21 Å². The van der Waals surface area contributed by atoms with Gasteiger partial charge in [0, 0.05) is 35.0 Å². The van der Waals surface area contributed by atoms with E-state index in [4.69, 9.17) is 5.73 Å². The summed E-state index contributed by atoms with van der Waals surface area (Å²) in [6.45, 7) is 0.284. The van der Waals surface area contributed by atoms with Crippen molar-refractivity contribution in [3.8, 4) is 0 Å². The molecule has 1 aromatic rings. The van der Waals surface area contributed by atoms with Crippen LogP contribution in [-0.2, 0) is 20.8 Å². The Morgan fingerprint density at radius 3 is 2.41 bits per heavy atom. The number of hydrogen-bond acceptors (Lipinski definition) is 4. The van der Waals surface area contributed by atoms with Crippen molar-refractivity contribution >= 4 is 26.5 Å². The second-order valence-corrected chi connectivity index (χ2v) is 6.92. The first-order valence-electron chi connectivity index (χ1n) is 5.07. The van der Waals surface area contributed by atoms with Crippen molar-refractivity contribution in [3.05, 3.63) is 24.3 Å². The molecule has 0 saturated heterocycles. The summed E-state index contributed by atoms with van der Waals surface area (Å²) in [5, 5.41) is 0. The first-order chi connectivity index (χ1) is 7.92. The molecule has 1 rings (SSSR count). The van der Waals surface area contributed by atoms with Gasteiger partial charge in [0.25, 0.3) is 0 Å². The van der Waals surface area contributed by atoms with Gasteiger partial charge in [-0.05, 0) is 30.7 Å². The summed E-state index contributed by atoms with van der Waals surface area (Å²) in [5.41, 5.74) is 5.99. The second-order valence-electron chi connectivity index (χ2n) is 3.60. The normalized spacial score (nSPS) is 13.5. The van der Waals surface area contributed by atoms with Crippen LogP contribution >= 0.6 is 0 Å². The van der Waals surface area contributed by atoms with E-state index in [1.165, 1.54) is 24.3 Å². The molecule has 1 atom stereocenters. The molecular formula is C10H16N2O3S2. The predicted octanol–water partition coefficient (Wildman–Crippen LogP) is 0.316. The van der Waals surface area contributed by atoms with Gasteiger partial charge in [-0.25, -0.2) is 13.1 Å². The average molecular weight is 276 g/mol. The molecule has 0 aliphatic carbocycles. The van der Waals surface area contributed by atoms with Gasteiger partial charge in [-0.1, -0.05) is 0 Å². The minimum absolute atomic E-state index is 0.185. The van der Waals surface area contributed by atoms with Gasteiger partial charge < -0.3 is 5.73 Å². The highest BCUT2D eigenvalue weighted by Gasteiger charge is 2.12. The Balaban J connectivity index is 2.57. The molecule has 1 unspecified atom stereocenters. The van der Waals surface area contributed by atoms with Gasteiger partial charge in [0.1, 0.15) is 0 Å². The van der Waals surface area contributed by atoms with Crippen molar-refractivity contribution in [1.82, 2.24) is 4.72 Å². The maximum Gasteiger partial charge on any atom is 0.240 e. The summed E-state index contributed by atoms with van der Waals surface area (Å²) in [6.07, 6.45) is 2.14. The lowest BCUT2D eigenvalue weighted by Crippen LogP contribution is -2.25. The summed E-state index contributed by atoms with van der Waals surface area (Å²) in [5.74, 6) is 0.490. The number of nitrogens with two attached hydrogens (primary N) is 1. The van der Waals surface area contributed by atoms with Crippen LogP contribution in [0.5, 0.6) is 0 Å². The first-order valence-corrected chi connectivity index (χ1v) is 8.28. The van der Waals surface area contributed by atoms with E-state index in [0.717, 1.165) is 0 Å². The molecule has 0 fully saturated rings. The van der Waals surface area contributed by atoms with Crippen LogP contribution < -0.4 is 10.5 Å². The molecular weight excluding hydrogens is 260 g/mol. The lowest BCUT2D eigenvalue weighted by atomic mass is 10.3. The molecule has 0 spiro atoms. The van der Waals surface area contributed by atoms with Crippen molar-refractivity contribution in [2.45, 2.75) is 11.3 Å². The summed E-state index contributed by atoms with van der Waals surface area (Å²) in [7, 11) is -4.37. The molecule has 0 bridgehead atoms. The molecule has 0 amide bonds. The Hall–Kier alpha value is -0.920. The quantitative estimate of drug-likeness (QED) is 0.578. The van der Waals surface area contributed by atoms with E-state index in [2.05, 4.69) is 4.72 Å². The van der Waals surface area contributed by atoms with E-state index >= 15 is 0 Å². The van der Waals surface area contributed by atoms with Gasteiger partial charge in [0.05, 0.1) is 4.90 Å². The van der Waals surface area contributed by atoms with Crippen LogP contribution in [0.15, 0.2) is 29.2 Å². The van der Waals surface area contributed by atoms with E-state index in [0.29, 0.717) is 17.9 Å². The zero-order valence-corrected chi connectivity index (χ0v) is 11.2. The molecule has 17 heavy (non-hydrogen) atoms. The van der Waals surface area contributed by atoms with E-state index in [1.54, 1.807) is 6.26 Å². The lowest BCUT2D eigenvalue weighted by Gasteiger charge is -2.06. The lowest BCUT2D eigenvalue weighted by molar-refractivity contribution is 0.580. The summed E-state index contributed by atoms with van der Waals surface area (Å²) in [6, 6.07) is 5.98. The number of rotatable bonds is 6. The third kappa shape index (κ3) is 4.84. The highest BCUT2D eigenvalue weighted by molar-refractivity contribution is 7.89. The Morgan fingerprint density at radius 2 is 1.88 bits per heavy atom. The highest BCUT2D eigenvalue weighted by atomic mass is 32.2. The van der Waals surface area contributed by atoms with Crippen LogP contribution in [0.1, 0.15) is 6.42 Å². The fourth-order valence-corrected chi connectivity index (χ4v) is 2.84. The molecule has 0 heterocycles. The molecule has 5 nitrogen and oxygen atoms in total. The van der Waals surface area contributed by atoms with Crippen LogP contribution in [0.2, 0.25) is 0 Å². The Morgan fingerprint density at radius 1 is 1.29 bits per heavy atom. The number of anilines is 1. The standard InChI is InChI=1S/C10H16N2O3S2/c1-16(13)8-2-7-12-17(14,15)10-5-3-9(11)4-6-10/h3-6,12H,2,7-8,11H2,1H3. The van der Waals surface area contributed by atoms with E-state index in [1.807, 2.05) is 0 Å². The average Bonchev–Trinajstić information content (AvgIpc) is 2.25. The maximum absolute atomic E-state index is 11.8.